The zero-order valence-corrected chi connectivity index (χ0v) is 11.3. The third kappa shape index (κ3) is 2.68. The van der Waals surface area contributed by atoms with Crippen molar-refractivity contribution >= 4 is 0 Å². The molecule has 2 heteroatoms. The number of hydrogen-bond donors (Lipinski definition) is 1. The molecule has 0 amide bonds. The summed E-state index contributed by atoms with van der Waals surface area (Å²) in [6.07, 6.45) is 11.8. The first-order valence-corrected chi connectivity index (χ1v) is 7.80. The van der Waals surface area contributed by atoms with Crippen molar-refractivity contribution in [2.75, 3.05) is 20.1 Å². The Morgan fingerprint density at radius 1 is 1.06 bits per heavy atom. The molecule has 1 saturated heterocycles. The van der Waals surface area contributed by atoms with E-state index in [1.807, 2.05) is 0 Å². The van der Waals surface area contributed by atoms with Gasteiger partial charge in [-0.3, -0.25) is 4.90 Å². The lowest BCUT2D eigenvalue weighted by Gasteiger charge is -2.45. The van der Waals surface area contributed by atoms with Crippen LogP contribution in [0.5, 0.6) is 0 Å². The molecule has 0 spiro atoms. The monoisotopic (exact) mass is 236 g/mol. The Hall–Kier alpha value is -0.0800. The highest BCUT2D eigenvalue weighted by Gasteiger charge is 2.37. The van der Waals surface area contributed by atoms with Crippen LogP contribution in [0.3, 0.4) is 0 Å². The van der Waals surface area contributed by atoms with Crippen LogP contribution in [0.2, 0.25) is 0 Å². The van der Waals surface area contributed by atoms with E-state index in [0.717, 1.165) is 23.9 Å². The number of piperidine rings is 1. The lowest BCUT2D eigenvalue weighted by atomic mass is 9.78. The van der Waals surface area contributed by atoms with E-state index in [1.165, 1.54) is 64.5 Å². The minimum Gasteiger partial charge on any atom is -0.315 e. The van der Waals surface area contributed by atoms with Crippen molar-refractivity contribution in [3.05, 3.63) is 0 Å². The largest absolute Gasteiger partial charge is 0.315 e. The van der Waals surface area contributed by atoms with Gasteiger partial charge in [0.05, 0.1) is 0 Å². The molecule has 98 valence electrons. The topological polar surface area (TPSA) is 15.3 Å². The fourth-order valence-electron chi connectivity index (χ4n) is 4.18. The van der Waals surface area contributed by atoms with E-state index in [4.69, 9.17) is 0 Å². The van der Waals surface area contributed by atoms with Crippen LogP contribution >= 0.6 is 0 Å². The standard InChI is InChI=1S/C15H28N2/c1-16-14(12-8-9-12)11-17-10-4-6-13-5-2-3-7-15(13)17/h12-16H,2-11H2,1H3/t13-,14?,15-/m1/s1. The summed E-state index contributed by atoms with van der Waals surface area (Å²) in [5.41, 5.74) is 0. The second-order valence-corrected chi connectivity index (χ2v) is 6.48. The summed E-state index contributed by atoms with van der Waals surface area (Å²) in [6, 6.07) is 1.71. The average Bonchev–Trinajstić information content (AvgIpc) is 3.20. The Bertz CT molecular complexity index is 247. The van der Waals surface area contributed by atoms with Crippen LogP contribution < -0.4 is 5.32 Å². The van der Waals surface area contributed by atoms with E-state index < -0.39 is 0 Å². The molecule has 3 aliphatic rings. The summed E-state index contributed by atoms with van der Waals surface area (Å²) in [4.78, 5) is 2.84. The van der Waals surface area contributed by atoms with Gasteiger partial charge in [-0.15, -0.1) is 0 Å². The molecule has 17 heavy (non-hydrogen) atoms. The molecular weight excluding hydrogens is 208 g/mol. The first-order chi connectivity index (χ1) is 8.38. The third-order valence-electron chi connectivity index (χ3n) is 5.35. The van der Waals surface area contributed by atoms with Gasteiger partial charge in [0, 0.05) is 18.6 Å². The van der Waals surface area contributed by atoms with Crippen molar-refractivity contribution in [3.63, 3.8) is 0 Å². The van der Waals surface area contributed by atoms with Gasteiger partial charge in [-0.25, -0.2) is 0 Å². The third-order valence-corrected chi connectivity index (χ3v) is 5.35. The van der Waals surface area contributed by atoms with E-state index in [1.54, 1.807) is 0 Å². The van der Waals surface area contributed by atoms with Crippen LogP contribution in [0.15, 0.2) is 0 Å². The highest BCUT2D eigenvalue weighted by Crippen LogP contribution is 2.37. The maximum absolute atomic E-state index is 3.57. The number of nitrogens with zero attached hydrogens (tertiary/aromatic N) is 1. The van der Waals surface area contributed by atoms with Gasteiger partial charge in [0.25, 0.3) is 0 Å². The van der Waals surface area contributed by atoms with Gasteiger partial charge in [-0.1, -0.05) is 12.8 Å². The molecule has 0 aromatic rings. The summed E-state index contributed by atoms with van der Waals surface area (Å²) in [7, 11) is 2.16. The predicted octanol–water partition coefficient (Wildman–Crippen LogP) is 2.64. The van der Waals surface area contributed by atoms with Crippen molar-refractivity contribution in [3.8, 4) is 0 Å². The van der Waals surface area contributed by atoms with E-state index >= 15 is 0 Å². The number of nitrogens with one attached hydrogen (secondary N) is 1. The molecule has 0 radical (unpaired) electrons. The van der Waals surface area contributed by atoms with Crippen LogP contribution in [0, 0.1) is 11.8 Å². The SMILES string of the molecule is CNC(CN1CCC[C@H]2CCCC[C@H]21)C1CC1. The van der Waals surface area contributed by atoms with Crippen LogP contribution in [0.4, 0.5) is 0 Å². The van der Waals surface area contributed by atoms with Crippen LogP contribution in [0.1, 0.15) is 51.4 Å². The van der Waals surface area contributed by atoms with Crippen molar-refractivity contribution in [1.82, 2.24) is 10.2 Å². The summed E-state index contributed by atoms with van der Waals surface area (Å²) in [6.45, 7) is 2.69. The zero-order chi connectivity index (χ0) is 11.7. The Morgan fingerprint density at radius 2 is 1.82 bits per heavy atom. The second-order valence-electron chi connectivity index (χ2n) is 6.48. The second kappa shape index (κ2) is 5.27. The number of likely N-dealkylation sites (tertiary alicyclic amines) is 1. The Balaban J connectivity index is 1.60. The minimum atomic E-state index is 0.774. The van der Waals surface area contributed by atoms with E-state index in [0.29, 0.717) is 0 Å². The van der Waals surface area contributed by atoms with Gasteiger partial charge >= 0.3 is 0 Å². The molecule has 1 aliphatic heterocycles. The molecule has 1 unspecified atom stereocenters. The molecule has 3 rings (SSSR count). The first kappa shape index (κ1) is 12.0. The maximum atomic E-state index is 3.57. The fraction of sp³-hybridized carbons (Fsp3) is 1.00. The lowest BCUT2D eigenvalue weighted by Crippen LogP contribution is -2.51. The molecule has 0 aromatic carbocycles. The van der Waals surface area contributed by atoms with E-state index in [2.05, 4.69) is 17.3 Å². The van der Waals surface area contributed by atoms with Crippen molar-refractivity contribution in [2.24, 2.45) is 11.8 Å². The minimum absolute atomic E-state index is 0.774. The summed E-state index contributed by atoms with van der Waals surface area (Å²) >= 11 is 0. The van der Waals surface area contributed by atoms with Gasteiger partial charge in [-0.2, -0.15) is 0 Å². The van der Waals surface area contributed by atoms with Gasteiger partial charge in [0.2, 0.25) is 0 Å². The quantitative estimate of drug-likeness (QED) is 0.807. The van der Waals surface area contributed by atoms with Crippen LogP contribution in [0.25, 0.3) is 0 Å². The molecule has 0 aromatic heterocycles. The Labute approximate surface area is 106 Å². The van der Waals surface area contributed by atoms with Crippen LogP contribution in [-0.4, -0.2) is 37.1 Å². The molecule has 2 saturated carbocycles. The maximum Gasteiger partial charge on any atom is 0.0220 e. The normalized spacial score (nSPS) is 36.5. The number of hydrogen-bond acceptors (Lipinski definition) is 2. The molecule has 2 aliphatic carbocycles. The van der Waals surface area contributed by atoms with E-state index in [-0.39, 0.29) is 0 Å². The van der Waals surface area contributed by atoms with Crippen molar-refractivity contribution in [1.29, 1.82) is 0 Å². The zero-order valence-electron chi connectivity index (χ0n) is 11.3. The molecule has 0 bridgehead atoms. The number of likely N-dealkylation sites (N-methyl/N-ethyl adjacent to an activating group) is 1. The Morgan fingerprint density at radius 3 is 2.59 bits per heavy atom. The summed E-state index contributed by atoms with van der Waals surface area (Å²) in [5.74, 6) is 2.03. The Kier molecular flexibility index (Phi) is 3.72. The summed E-state index contributed by atoms with van der Waals surface area (Å²) in [5, 5.41) is 3.57. The highest BCUT2D eigenvalue weighted by atomic mass is 15.2. The van der Waals surface area contributed by atoms with Gasteiger partial charge in [-0.05, 0) is 64.0 Å². The molecule has 2 nitrogen and oxygen atoms in total. The smallest absolute Gasteiger partial charge is 0.0220 e. The van der Waals surface area contributed by atoms with Gasteiger partial charge < -0.3 is 5.32 Å². The van der Waals surface area contributed by atoms with Crippen LogP contribution in [-0.2, 0) is 0 Å². The number of fused-ring (bicyclic) bond motifs is 1. The summed E-state index contributed by atoms with van der Waals surface area (Å²) < 4.78 is 0. The molecule has 1 heterocycles. The molecule has 3 atom stereocenters. The molecule has 3 fully saturated rings. The highest BCUT2D eigenvalue weighted by molar-refractivity contribution is 4.93. The first-order valence-electron chi connectivity index (χ1n) is 7.80. The molecule has 1 N–H and O–H groups in total. The van der Waals surface area contributed by atoms with Crippen molar-refractivity contribution in [2.45, 2.75) is 63.5 Å². The van der Waals surface area contributed by atoms with E-state index in [9.17, 15) is 0 Å². The average molecular weight is 236 g/mol. The van der Waals surface area contributed by atoms with Gasteiger partial charge in [0.15, 0.2) is 0 Å². The van der Waals surface area contributed by atoms with Gasteiger partial charge in [0.1, 0.15) is 0 Å². The predicted molar refractivity (Wildman–Crippen MR) is 72.1 cm³/mol. The fourth-order valence-corrected chi connectivity index (χ4v) is 4.18. The molecular formula is C15H28N2. The van der Waals surface area contributed by atoms with Crippen molar-refractivity contribution < 1.29 is 0 Å². The lowest BCUT2D eigenvalue weighted by molar-refractivity contribution is 0.0516. The number of rotatable bonds is 4.